The van der Waals surface area contributed by atoms with Gasteiger partial charge in [-0.15, -0.1) is 11.3 Å². The smallest absolute Gasteiger partial charge is 0.255 e. The van der Waals surface area contributed by atoms with Crippen LogP contribution in [0.4, 0.5) is 10.8 Å². The van der Waals surface area contributed by atoms with Crippen LogP contribution in [0.25, 0.3) is 11.3 Å². The second-order valence-corrected chi connectivity index (χ2v) is 9.76. The van der Waals surface area contributed by atoms with Crippen molar-refractivity contribution in [3.63, 3.8) is 0 Å². The van der Waals surface area contributed by atoms with E-state index in [9.17, 15) is 4.79 Å². The molecule has 1 saturated heterocycles. The minimum atomic E-state index is -0.0973. The maximum atomic E-state index is 12.7. The number of nitrogens with one attached hydrogen (secondary N) is 1. The van der Waals surface area contributed by atoms with Gasteiger partial charge in [-0.1, -0.05) is 45.0 Å². The summed E-state index contributed by atoms with van der Waals surface area (Å²) in [6.07, 6.45) is 3.80. The second kappa shape index (κ2) is 8.60. The molecule has 0 aliphatic carbocycles. The zero-order chi connectivity index (χ0) is 21.1. The molecule has 1 N–H and O–H groups in total. The summed E-state index contributed by atoms with van der Waals surface area (Å²) in [5.74, 6) is -0.0973. The molecule has 0 bridgehead atoms. The lowest BCUT2D eigenvalue weighted by atomic mass is 9.87. The quantitative estimate of drug-likeness (QED) is 0.536. The Hall–Kier alpha value is -2.66. The molecule has 4 nitrogen and oxygen atoms in total. The van der Waals surface area contributed by atoms with Crippen molar-refractivity contribution in [1.29, 1.82) is 0 Å². The Labute approximate surface area is 183 Å². The fraction of sp³-hybridized carbons (Fsp3) is 0.360. The number of amides is 1. The van der Waals surface area contributed by atoms with Gasteiger partial charge in [0.05, 0.1) is 5.69 Å². The van der Waals surface area contributed by atoms with Crippen molar-refractivity contribution >= 4 is 28.1 Å². The van der Waals surface area contributed by atoms with Crippen molar-refractivity contribution < 1.29 is 4.79 Å². The van der Waals surface area contributed by atoms with E-state index in [1.807, 2.05) is 48.5 Å². The summed E-state index contributed by atoms with van der Waals surface area (Å²) < 4.78 is 0. The third-order valence-corrected chi connectivity index (χ3v) is 6.45. The molecule has 2 heterocycles. The van der Waals surface area contributed by atoms with E-state index < -0.39 is 0 Å². The van der Waals surface area contributed by atoms with E-state index in [-0.39, 0.29) is 11.3 Å². The van der Waals surface area contributed by atoms with Crippen LogP contribution in [-0.2, 0) is 5.41 Å². The molecule has 30 heavy (non-hydrogen) atoms. The number of rotatable bonds is 4. The van der Waals surface area contributed by atoms with Crippen LogP contribution in [0.5, 0.6) is 0 Å². The number of benzene rings is 2. The number of aromatic nitrogens is 1. The first-order chi connectivity index (χ1) is 14.4. The molecular formula is C25H29N3OS. The minimum Gasteiger partial charge on any atom is -0.348 e. The number of hydrogen-bond acceptors (Lipinski definition) is 4. The van der Waals surface area contributed by atoms with Crippen LogP contribution in [0.2, 0.25) is 0 Å². The number of hydrogen-bond donors (Lipinski definition) is 1. The van der Waals surface area contributed by atoms with Gasteiger partial charge in [-0.3, -0.25) is 4.79 Å². The highest BCUT2D eigenvalue weighted by molar-refractivity contribution is 7.14. The van der Waals surface area contributed by atoms with Crippen molar-refractivity contribution in [2.75, 3.05) is 23.3 Å². The summed E-state index contributed by atoms with van der Waals surface area (Å²) in [5, 5.41) is 6.23. The Bertz CT molecular complexity index is 1010. The van der Waals surface area contributed by atoms with Gasteiger partial charge in [-0.2, -0.15) is 0 Å². The predicted molar refractivity (Wildman–Crippen MR) is 127 cm³/mol. The van der Waals surface area contributed by atoms with E-state index in [1.165, 1.54) is 24.8 Å². The largest absolute Gasteiger partial charge is 0.348 e. The summed E-state index contributed by atoms with van der Waals surface area (Å²) in [6.45, 7) is 8.70. The molecule has 156 valence electrons. The monoisotopic (exact) mass is 419 g/mol. The van der Waals surface area contributed by atoms with E-state index >= 15 is 0 Å². The first kappa shape index (κ1) is 20.6. The molecule has 0 atom stereocenters. The van der Waals surface area contributed by atoms with Crippen LogP contribution in [-0.4, -0.2) is 24.0 Å². The number of nitrogens with zero attached hydrogens (tertiary/aromatic N) is 2. The second-order valence-electron chi connectivity index (χ2n) is 8.93. The standard InChI is InChI=1S/C25H29N3OS/c1-25(2,3)20-12-10-18(11-13-20)23(29)26-21-9-7-8-19(16-21)22-17-30-24(27-22)28-14-5-4-6-15-28/h7-13,16-17H,4-6,14-15H2,1-3H3,(H,26,29). The Kier molecular flexibility index (Phi) is 5.91. The van der Waals surface area contributed by atoms with Gasteiger partial charge in [0.25, 0.3) is 5.91 Å². The lowest BCUT2D eigenvalue weighted by molar-refractivity contribution is 0.102. The normalized spacial score (nSPS) is 14.6. The maximum absolute atomic E-state index is 12.7. The summed E-state index contributed by atoms with van der Waals surface area (Å²) in [6, 6.07) is 15.8. The van der Waals surface area contributed by atoms with Gasteiger partial charge in [0.1, 0.15) is 0 Å². The molecule has 1 aromatic heterocycles. The third kappa shape index (κ3) is 4.73. The van der Waals surface area contributed by atoms with Crippen LogP contribution < -0.4 is 10.2 Å². The molecule has 4 rings (SSSR count). The lowest BCUT2D eigenvalue weighted by Gasteiger charge is -2.25. The molecule has 3 aromatic rings. The highest BCUT2D eigenvalue weighted by Gasteiger charge is 2.16. The van der Waals surface area contributed by atoms with E-state index in [4.69, 9.17) is 4.98 Å². The summed E-state index contributed by atoms with van der Waals surface area (Å²) in [4.78, 5) is 19.9. The zero-order valence-electron chi connectivity index (χ0n) is 17.9. The molecular weight excluding hydrogens is 390 g/mol. The Morgan fingerprint density at radius 3 is 2.47 bits per heavy atom. The summed E-state index contributed by atoms with van der Waals surface area (Å²) >= 11 is 1.70. The Morgan fingerprint density at radius 1 is 1.03 bits per heavy atom. The lowest BCUT2D eigenvalue weighted by Crippen LogP contribution is -2.29. The van der Waals surface area contributed by atoms with E-state index in [2.05, 4.69) is 36.4 Å². The molecule has 5 heteroatoms. The van der Waals surface area contributed by atoms with Crippen molar-refractivity contribution in [2.24, 2.45) is 0 Å². The molecule has 0 saturated carbocycles. The van der Waals surface area contributed by atoms with Gasteiger partial charge in [0.15, 0.2) is 5.13 Å². The summed E-state index contributed by atoms with van der Waals surface area (Å²) in [7, 11) is 0. The van der Waals surface area contributed by atoms with Crippen molar-refractivity contribution in [1.82, 2.24) is 4.98 Å². The first-order valence-electron chi connectivity index (χ1n) is 10.6. The first-order valence-corrected chi connectivity index (χ1v) is 11.5. The van der Waals surface area contributed by atoms with Crippen LogP contribution in [0.1, 0.15) is 56.0 Å². The molecule has 0 unspecified atom stereocenters. The number of carbonyl (C=O) groups is 1. The molecule has 0 radical (unpaired) electrons. The minimum absolute atomic E-state index is 0.0733. The van der Waals surface area contributed by atoms with Crippen LogP contribution >= 0.6 is 11.3 Å². The summed E-state index contributed by atoms with van der Waals surface area (Å²) in [5.41, 5.74) is 4.72. The molecule has 1 aliphatic rings. The van der Waals surface area contributed by atoms with Gasteiger partial charge in [-0.25, -0.2) is 4.98 Å². The Balaban J connectivity index is 1.47. The van der Waals surface area contributed by atoms with Crippen LogP contribution in [0, 0.1) is 0 Å². The van der Waals surface area contributed by atoms with Crippen molar-refractivity contribution in [3.05, 3.63) is 65.0 Å². The fourth-order valence-corrected chi connectivity index (χ4v) is 4.60. The van der Waals surface area contributed by atoms with Crippen molar-refractivity contribution in [3.8, 4) is 11.3 Å². The van der Waals surface area contributed by atoms with E-state index in [1.54, 1.807) is 11.3 Å². The van der Waals surface area contributed by atoms with Gasteiger partial charge in [0, 0.05) is 35.3 Å². The van der Waals surface area contributed by atoms with Crippen molar-refractivity contribution in [2.45, 2.75) is 45.4 Å². The average Bonchev–Trinajstić information content (AvgIpc) is 3.24. The highest BCUT2D eigenvalue weighted by Crippen LogP contribution is 2.30. The van der Waals surface area contributed by atoms with Gasteiger partial charge in [-0.05, 0) is 54.5 Å². The SMILES string of the molecule is CC(C)(C)c1ccc(C(=O)Nc2cccc(-c3csc(N4CCCCC4)n3)c2)cc1. The van der Waals surface area contributed by atoms with Gasteiger partial charge < -0.3 is 10.2 Å². The average molecular weight is 420 g/mol. The topological polar surface area (TPSA) is 45.2 Å². The molecule has 2 aromatic carbocycles. The molecule has 1 fully saturated rings. The fourth-order valence-electron chi connectivity index (χ4n) is 3.71. The van der Waals surface area contributed by atoms with Gasteiger partial charge >= 0.3 is 0 Å². The zero-order valence-corrected chi connectivity index (χ0v) is 18.8. The maximum Gasteiger partial charge on any atom is 0.255 e. The van der Waals surface area contributed by atoms with E-state index in [0.29, 0.717) is 5.56 Å². The Morgan fingerprint density at radius 2 is 1.77 bits per heavy atom. The molecule has 0 spiro atoms. The number of thiazole rings is 1. The molecule has 1 amide bonds. The highest BCUT2D eigenvalue weighted by atomic mass is 32.1. The third-order valence-electron chi connectivity index (χ3n) is 5.55. The van der Waals surface area contributed by atoms with Crippen LogP contribution in [0.15, 0.2) is 53.9 Å². The molecule has 1 aliphatic heterocycles. The van der Waals surface area contributed by atoms with E-state index in [0.717, 1.165) is 35.2 Å². The predicted octanol–water partition coefficient (Wildman–Crippen LogP) is 6.35. The van der Waals surface area contributed by atoms with Gasteiger partial charge in [0.2, 0.25) is 0 Å². The number of piperidine rings is 1. The number of carbonyl (C=O) groups excluding carboxylic acids is 1. The number of anilines is 2. The van der Waals surface area contributed by atoms with Crippen LogP contribution in [0.3, 0.4) is 0 Å².